The van der Waals surface area contributed by atoms with Crippen LogP contribution >= 0.6 is 0 Å². The zero-order valence-electron chi connectivity index (χ0n) is 14.6. The SMILES string of the molecule is CCc1ccc(C2CNCCN2S(=O)(=O)c2ccccc2OC)cc1. The van der Waals surface area contributed by atoms with Crippen LogP contribution in [0.15, 0.2) is 53.4 Å². The minimum Gasteiger partial charge on any atom is -0.495 e. The van der Waals surface area contributed by atoms with Gasteiger partial charge < -0.3 is 10.1 Å². The second kappa shape index (κ2) is 7.56. The third kappa shape index (κ3) is 3.56. The average Bonchev–Trinajstić information content (AvgIpc) is 2.68. The molecule has 6 heteroatoms. The van der Waals surface area contributed by atoms with Crippen LogP contribution in [0.25, 0.3) is 0 Å². The number of nitrogens with one attached hydrogen (secondary N) is 1. The number of nitrogens with zero attached hydrogens (tertiary/aromatic N) is 1. The van der Waals surface area contributed by atoms with Crippen LogP contribution in [-0.2, 0) is 16.4 Å². The highest BCUT2D eigenvalue weighted by Crippen LogP contribution is 2.33. The highest BCUT2D eigenvalue weighted by Gasteiger charge is 2.35. The van der Waals surface area contributed by atoms with Crippen LogP contribution in [0.4, 0.5) is 0 Å². The topological polar surface area (TPSA) is 58.6 Å². The monoisotopic (exact) mass is 360 g/mol. The molecule has 0 amide bonds. The van der Waals surface area contributed by atoms with E-state index in [0.717, 1.165) is 12.0 Å². The highest BCUT2D eigenvalue weighted by molar-refractivity contribution is 7.89. The van der Waals surface area contributed by atoms with Crippen molar-refractivity contribution in [3.8, 4) is 5.75 Å². The molecule has 1 fully saturated rings. The molecular weight excluding hydrogens is 336 g/mol. The lowest BCUT2D eigenvalue weighted by atomic mass is 10.0. The Kier molecular flexibility index (Phi) is 5.42. The van der Waals surface area contributed by atoms with Gasteiger partial charge in [-0.2, -0.15) is 4.31 Å². The minimum absolute atomic E-state index is 0.217. The molecule has 134 valence electrons. The number of piperazine rings is 1. The van der Waals surface area contributed by atoms with Gasteiger partial charge in [0.05, 0.1) is 13.2 Å². The van der Waals surface area contributed by atoms with Crippen molar-refractivity contribution in [2.24, 2.45) is 0 Å². The second-order valence-corrected chi connectivity index (χ2v) is 7.94. The highest BCUT2D eigenvalue weighted by atomic mass is 32.2. The first-order valence-corrected chi connectivity index (χ1v) is 9.96. The van der Waals surface area contributed by atoms with Crippen molar-refractivity contribution in [2.45, 2.75) is 24.3 Å². The summed E-state index contributed by atoms with van der Waals surface area (Å²) in [4.78, 5) is 0.217. The zero-order valence-corrected chi connectivity index (χ0v) is 15.4. The predicted octanol–water partition coefficient (Wildman–Crippen LogP) is 2.59. The Morgan fingerprint density at radius 3 is 2.56 bits per heavy atom. The van der Waals surface area contributed by atoms with Crippen molar-refractivity contribution in [1.29, 1.82) is 0 Å². The lowest BCUT2D eigenvalue weighted by molar-refractivity contribution is 0.270. The molecule has 0 spiro atoms. The van der Waals surface area contributed by atoms with Crippen LogP contribution < -0.4 is 10.1 Å². The lowest BCUT2D eigenvalue weighted by Crippen LogP contribution is -2.48. The van der Waals surface area contributed by atoms with E-state index in [-0.39, 0.29) is 10.9 Å². The molecule has 1 aliphatic heterocycles. The lowest BCUT2D eigenvalue weighted by Gasteiger charge is -2.35. The van der Waals surface area contributed by atoms with Gasteiger partial charge in [-0.3, -0.25) is 0 Å². The fraction of sp³-hybridized carbons (Fsp3) is 0.368. The molecule has 1 atom stereocenters. The number of hydrogen-bond acceptors (Lipinski definition) is 4. The normalized spacial score (nSPS) is 18.9. The maximum atomic E-state index is 13.3. The number of methoxy groups -OCH3 is 1. The fourth-order valence-corrected chi connectivity index (χ4v) is 4.96. The van der Waals surface area contributed by atoms with E-state index >= 15 is 0 Å². The van der Waals surface area contributed by atoms with Gasteiger partial charge in [-0.25, -0.2) is 8.42 Å². The number of sulfonamides is 1. The van der Waals surface area contributed by atoms with Gasteiger partial charge in [-0.1, -0.05) is 43.3 Å². The van der Waals surface area contributed by atoms with Gasteiger partial charge in [0.15, 0.2) is 0 Å². The number of aryl methyl sites for hydroxylation is 1. The summed E-state index contributed by atoms with van der Waals surface area (Å²) in [5.74, 6) is 0.376. The Balaban J connectivity index is 1.99. The average molecular weight is 360 g/mol. The molecule has 2 aromatic carbocycles. The quantitative estimate of drug-likeness (QED) is 0.890. The largest absolute Gasteiger partial charge is 0.495 e. The number of benzene rings is 2. The van der Waals surface area contributed by atoms with Crippen molar-refractivity contribution in [2.75, 3.05) is 26.7 Å². The summed E-state index contributed by atoms with van der Waals surface area (Å²) in [5.41, 5.74) is 2.24. The third-order valence-electron chi connectivity index (χ3n) is 4.62. The van der Waals surface area contributed by atoms with Crippen LogP contribution in [0.2, 0.25) is 0 Å². The molecule has 1 saturated heterocycles. The number of rotatable bonds is 5. The van der Waals surface area contributed by atoms with Gasteiger partial charge in [0.2, 0.25) is 10.0 Å². The van der Waals surface area contributed by atoms with Crippen LogP contribution in [0.3, 0.4) is 0 Å². The van der Waals surface area contributed by atoms with E-state index in [1.165, 1.54) is 12.7 Å². The standard InChI is InChI=1S/C19H24N2O3S/c1-3-15-8-10-16(11-9-15)17-14-20-12-13-21(17)25(22,23)19-7-5-4-6-18(19)24-2/h4-11,17,20H,3,12-14H2,1-2H3. The van der Waals surface area contributed by atoms with Gasteiger partial charge in [-0.05, 0) is 29.7 Å². The van der Waals surface area contributed by atoms with Crippen LogP contribution in [0.5, 0.6) is 5.75 Å². The number of ether oxygens (including phenoxy) is 1. The Hall–Kier alpha value is -1.89. The summed E-state index contributed by atoms with van der Waals surface area (Å²) in [7, 11) is -2.16. The van der Waals surface area contributed by atoms with Gasteiger partial charge in [0.25, 0.3) is 0 Å². The van der Waals surface area contributed by atoms with Crippen molar-refractivity contribution in [1.82, 2.24) is 9.62 Å². The van der Waals surface area contributed by atoms with E-state index in [1.807, 2.05) is 12.1 Å². The number of para-hydroxylation sites is 1. The molecule has 1 heterocycles. The minimum atomic E-state index is -3.65. The van der Waals surface area contributed by atoms with E-state index in [4.69, 9.17) is 4.74 Å². The molecule has 0 aromatic heterocycles. The Bertz CT molecular complexity index is 819. The third-order valence-corrected chi connectivity index (χ3v) is 6.57. The van der Waals surface area contributed by atoms with Crippen molar-refractivity contribution in [3.05, 3.63) is 59.7 Å². The van der Waals surface area contributed by atoms with E-state index in [1.54, 1.807) is 28.6 Å². The first-order valence-electron chi connectivity index (χ1n) is 8.52. The second-order valence-electron chi connectivity index (χ2n) is 6.08. The molecular formula is C19H24N2O3S. The van der Waals surface area contributed by atoms with Crippen molar-refractivity contribution in [3.63, 3.8) is 0 Å². The maximum absolute atomic E-state index is 13.3. The molecule has 5 nitrogen and oxygen atoms in total. The van der Waals surface area contributed by atoms with E-state index < -0.39 is 10.0 Å². The van der Waals surface area contributed by atoms with Gasteiger partial charge in [0.1, 0.15) is 10.6 Å². The zero-order chi connectivity index (χ0) is 17.9. The predicted molar refractivity (Wildman–Crippen MR) is 98.3 cm³/mol. The first kappa shape index (κ1) is 17.9. The van der Waals surface area contributed by atoms with Crippen LogP contribution in [-0.4, -0.2) is 39.5 Å². The molecule has 0 radical (unpaired) electrons. The summed E-state index contributed by atoms with van der Waals surface area (Å²) in [6.07, 6.45) is 0.965. The molecule has 1 N–H and O–H groups in total. The molecule has 2 aromatic rings. The Labute approximate surface area is 149 Å². The summed E-state index contributed by atoms with van der Waals surface area (Å²) in [5, 5.41) is 3.31. The molecule has 0 aliphatic carbocycles. The molecule has 0 bridgehead atoms. The van der Waals surface area contributed by atoms with Crippen LogP contribution in [0.1, 0.15) is 24.1 Å². The van der Waals surface area contributed by atoms with E-state index in [0.29, 0.717) is 25.4 Å². The fourth-order valence-electron chi connectivity index (χ4n) is 3.19. The smallest absolute Gasteiger partial charge is 0.247 e. The van der Waals surface area contributed by atoms with Gasteiger partial charge in [-0.15, -0.1) is 0 Å². The molecule has 1 unspecified atom stereocenters. The molecule has 0 saturated carbocycles. The summed E-state index contributed by atoms with van der Waals surface area (Å²) in [6, 6.07) is 14.7. The summed E-state index contributed by atoms with van der Waals surface area (Å²) >= 11 is 0. The van der Waals surface area contributed by atoms with Crippen molar-refractivity contribution < 1.29 is 13.2 Å². The van der Waals surface area contributed by atoms with Gasteiger partial charge in [0, 0.05) is 19.6 Å². The van der Waals surface area contributed by atoms with E-state index in [2.05, 4.69) is 24.4 Å². The van der Waals surface area contributed by atoms with Crippen molar-refractivity contribution >= 4 is 10.0 Å². The summed E-state index contributed by atoms with van der Waals surface area (Å²) in [6.45, 7) is 3.77. The molecule has 25 heavy (non-hydrogen) atoms. The van der Waals surface area contributed by atoms with Gasteiger partial charge >= 0.3 is 0 Å². The molecule has 3 rings (SSSR count). The van der Waals surface area contributed by atoms with E-state index in [9.17, 15) is 8.42 Å². The summed E-state index contributed by atoms with van der Waals surface area (Å²) < 4.78 is 33.4. The van der Waals surface area contributed by atoms with Crippen LogP contribution in [0, 0.1) is 0 Å². The maximum Gasteiger partial charge on any atom is 0.247 e. The number of hydrogen-bond donors (Lipinski definition) is 1. The Morgan fingerprint density at radius 2 is 1.88 bits per heavy atom. The Morgan fingerprint density at radius 1 is 1.16 bits per heavy atom. The first-order chi connectivity index (χ1) is 12.1. The molecule has 1 aliphatic rings.